The summed E-state index contributed by atoms with van der Waals surface area (Å²) in [5.41, 5.74) is -0.0491. The van der Waals surface area contributed by atoms with E-state index in [1.54, 1.807) is 0 Å². The quantitative estimate of drug-likeness (QED) is 0.290. The Bertz CT molecular complexity index is 344. The minimum absolute atomic E-state index is 0.153. The van der Waals surface area contributed by atoms with Crippen molar-refractivity contribution in [2.45, 2.75) is 98.7 Å². The number of ketones is 1. The normalized spacial score (nSPS) is 20.1. The van der Waals surface area contributed by atoms with E-state index in [4.69, 9.17) is 9.78 Å². The highest BCUT2D eigenvalue weighted by atomic mass is 17.4. The first-order valence-corrected chi connectivity index (χ1v) is 8.67. The maximum Gasteiger partial charge on any atom is 0.291 e. The molecule has 0 amide bonds. The molecule has 1 aliphatic heterocycles. The maximum absolute atomic E-state index is 12.9. The highest BCUT2D eigenvalue weighted by Gasteiger charge is 2.60. The fourth-order valence-corrected chi connectivity index (χ4v) is 2.63. The second-order valence-corrected chi connectivity index (χ2v) is 7.64. The third-order valence-corrected chi connectivity index (χ3v) is 5.38. The van der Waals surface area contributed by atoms with Crippen LogP contribution in [0.1, 0.15) is 92.9 Å². The Labute approximate surface area is 130 Å². The van der Waals surface area contributed by atoms with Gasteiger partial charge in [0, 0.05) is 11.8 Å². The Kier molecular flexibility index (Phi) is 6.42. The van der Waals surface area contributed by atoms with Crippen LogP contribution in [0.25, 0.3) is 0 Å². The summed E-state index contributed by atoms with van der Waals surface area (Å²) in [4.78, 5) is 23.3. The molecular formula is C18H34O3. The average molecular weight is 298 g/mol. The maximum atomic E-state index is 12.9. The topological polar surface area (TPSA) is 42.1 Å². The van der Waals surface area contributed by atoms with Crippen molar-refractivity contribution in [3.63, 3.8) is 0 Å². The van der Waals surface area contributed by atoms with Crippen LogP contribution in [-0.4, -0.2) is 11.6 Å². The van der Waals surface area contributed by atoms with Gasteiger partial charge in [-0.15, -0.1) is 0 Å². The van der Waals surface area contributed by atoms with Crippen molar-refractivity contribution in [1.29, 1.82) is 0 Å². The summed E-state index contributed by atoms with van der Waals surface area (Å²) in [6, 6.07) is 0. The number of hydrogen-bond donors (Lipinski definition) is 0. The monoisotopic (exact) mass is 298 g/mol. The van der Waals surface area contributed by atoms with E-state index in [2.05, 4.69) is 41.5 Å². The van der Waals surface area contributed by atoms with Crippen LogP contribution in [0, 0.1) is 10.8 Å². The number of rotatable bonds is 11. The minimum atomic E-state index is -0.920. The first kappa shape index (κ1) is 18.6. The molecule has 0 radical (unpaired) electrons. The zero-order chi connectivity index (χ0) is 16.1. The summed E-state index contributed by atoms with van der Waals surface area (Å²) in [5, 5.41) is 0. The average Bonchev–Trinajstić information content (AvgIpc) is 3.25. The molecule has 0 aromatic carbocycles. The van der Waals surface area contributed by atoms with Gasteiger partial charge < -0.3 is 0 Å². The Morgan fingerprint density at radius 1 is 0.952 bits per heavy atom. The predicted octanol–water partition coefficient (Wildman–Crippen LogP) is 5.43. The Balaban J connectivity index is 2.67. The van der Waals surface area contributed by atoms with Gasteiger partial charge in [0.25, 0.3) is 5.79 Å². The molecular weight excluding hydrogens is 264 g/mol. The van der Waals surface area contributed by atoms with E-state index in [9.17, 15) is 4.79 Å². The molecule has 1 rings (SSSR count). The van der Waals surface area contributed by atoms with Crippen LogP contribution in [-0.2, 0) is 14.6 Å². The van der Waals surface area contributed by atoms with Crippen molar-refractivity contribution < 1.29 is 14.6 Å². The standard InChI is InChI=1S/C18H34O3/c1-7-10-11-12-18(20-21-18)15(19)17(6,9-3)14-13-16(4,5)8-2/h7-14H2,1-6H3. The van der Waals surface area contributed by atoms with Crippen LogP contribution < -0.4 is 0 Å². The van der Waals surface area contributed by atoms with E-state index >= 15 is 0 Å². The number of hydrogen-bond acceptors (Lipinski definition) is 3. The van der Waals surface area contributed by atoms with Gasteiger partial charge in [-0.1, -0.05) is 60.8 Å². The van der Waals surface area contributed by atoms with Crippen LogP contribution in [0.15, 0.2) is 0 Å². The van der Waals surface area contributed by atoms with Gasteiger partial charge in [-0.25, -0.2) is 0 Å². The molecule has 1 heterocycles. The van der Waals surface area contributed by atoms with Crippen molar-refractivity contribution in [1.82, 2.24) is 0 Å². The van der Waals surface area contributed by atoms with Gasteiger partial charge in [0.15, 0.2) is 0 Å². The van der Waals surface area contributed by atoms with Gasteiger partial charge in [0.2, 0.25) is 5.78 Å². The second-order valence-electron chi connectivity index (χ2n) is 7.64. The lowest BCUT2D eigenvalue weighted by atomic mass is 9.71. The van der Waals surface area contributed by atoms with E-state index in [1.165, 1.54) is 0 Å². The minimum Gasteiger partial charge on any atom is -0.293 e. The molecule has 124 valence electrons. The molecule has 1 unspecified atom stereocenters. The van der Waals surface area contributed by atoms with E-state index in [0.29, 0.717) is 6.42 Å². The van der Waals surface area contributed by atoms with Crippen molar-refractivity contribution >= 4 is 5.78 Å². The van der Waals surface area contributed by atoms with Crippen LogP contribution in [0.3, 0.4) is 0 Å². The predicted molar refractivity (Wildman–Crippen MR) is 85.8 cm³/mol. The zero-order valence-electron chi connectivity index (χ0n) is 14.9. The summed E-state index contributed by atoms with van der Waals surface area (Å²) in [6.45, 7) is 13.1. The molecule has 1 atom stereocenters. The molecule has 0 aliphatic carbocycles. The molecule has 0 N–H and O–H groups in total. The largest absolute Gasteiger partial charge is 0.293 e. The number of unbranched alkanes of at least 4 members (excludes halogenated alkanes) is 2. The molecule has 0 aromatic rings. The third-order valence-electron chi connectivity index (χ3n) is 5.38. The van der Waals surface area contributed by atoms with Gasteiger partial charge in [0.05, 0.1) is 0 Å². The van der Waals surface area contributed by atoms with Crippen LogP contribution in [0.5, 0.6) is 0 Å². The molecule has 1 aliphatic rings. The fraction of sp³-hybridized carbons (Fsp3) is 0.944. The van der Waals surface area contributed by atoms with Crippen molar-refractivity contribution in [2.24, 2.45) is 10.8 Å². The number of carbonyl (C=O) groups excluding carboxylic acids is 1. The molecule has 21 heavy (non-hydrogen) atoms. The lowest BCUT2D eigenvalue weighted by molar-refractivity contribution is -0.135. The van der Waals surface area contributed by atoms with Gasteiger partial charge in [0.1, 0.15) is 0 Å². The first-order valence-electron chi connectivity index (χ1n) is 8.67. The SMILES string of the molecule is CCCCCC1(C(=O)C(C)(CC)CCC(C)(C)CC)OO1. The number of Topliss-reactive ketones (excluding diaryl/α,β-unsaturated/α-hetero) is 1. The molecule has 1 saturated heterocycles. The molecule has 0 spiro atoms. The van der Waals surface area contributed by atoms with E-state index in [1.807, 2.05) is 0 Å². The summed E-state index contributed by atoms with van der Waals surface area (Å²) >= 11 is 0. The fourth-order valence-electron chi connectivity index (χ4n) is 2.63. The Hall–Kier alpha value is -0.410. The van der Waals surface area contributed by atoms with Crippen LogP contribution in [0.4, 0.5) is 0 Å². The summed E-state index contributed by atoms with van der Waals surface area (Å²) in [6.07, 6.45) is 7.89. The third kappa shape index (κ3) is 4.79. The van der Waals surface area contributed by atoms with E-state index < -0.39 is 5.79 Å². The molecule has 1 fully saturated rings. The van der Waals surface area contributed by atoms with Gasteiger partial charge >= 0.3 is 0 Å². The summed E-state index contributed by atoms with van der Waals surface area (Å²) in [7, 11) is 0. The molecule has 0 aromatic heterocycles. The van der Waals surface area contributed by atoms with E-state index in [0.717, 1.165) is 44.9 Å². The lowest BCUT2D eigenvalue weighted by Gasteiger charge is -2.32. The van der Waals surface area contributed by atoms with Crippen LogP contribution in [0.2, 0.25) is 0 Å². The highest BCUT2D eigenvalue weighted by molar-refractivity contribution is 5.92. The van der Waals surface area contributed by atoms with Gasteiger partial charge in [-0.3, -0.25) is 4.79 Å². The molecule has 0 bridgehead atoms. The Morgan fingerprint density at radius 3 is 2.00 bits per heavy atom. The molecule has 3 nitrogen and oxygen atoms in total. The van der Waals surface area contributed by atoms with Crippen molar-refractivity contribution in [3.05, 3.63) is 0 Å². The smallest absolute Gasteiger partial charge is 0.291 e. The molecule has 3 heteroatoms. The summed E-state index contributed by atoms with van der Waals surface area (Å²) in [5.74, 6) is -0.767. The lowest BCUT2D eigenvalue weighted by Crippen LogP contribution is -2.39. The number of carbonyl (C=O) groups is 1. The summed E-state index contributed by atoms with van der Waals surface area (Å²) < 4.78 is 0. The van der Waals surface area contributed by atoms with Crippen molar-refractivity contribution in [2.75, 3.05) is 0 Å². The zero-order valence-corrected chi connectivity index (χ0v) is 14.9. The highest BCUT2D eigenvalue weighted by Crippen LogP contribution is 2.46. The Morgan fingerprint density at radius 2 is 1.57 bits per heavy atom. The second kappa shape index (κ2) is 7.23. The van der Waals surface area contributed by atoms with Crippen molar-refractivity contribution in [3.8, 4) is 0 Å². The first-order chi connectivity index (χ1) is 9.75. The van der Waals surface area contributed by atoms with Gasteiger partial charge in [-0.05, 0) is 31.1 Å². The van der Waals surface area contributed by atoms with E-state index in [-0.39, 0.29) is 16.6 Å². The van der Waals surface area contributed by atoms with Gasteiger partial charge in [-0.2, -0.15) is 9.78 Å². The van der Waals surface area contributed by atoms with Crippen LogP contribution >= 0.6 is 0 Å². The molecule has 0 saturated carbocycles.